The number of amides is 3. The number of hydrogen-bond donors (Lipinski definition) is 2. The number of carbonyl (C=O) groups is 2. The Balaban J connectivity index is 1.66. The first-order chi connectivity index (χ1) is 15.7. The number of nitrogens with zero attached hydrogens (tertiary/aromatic N) is 3. The molecule has 3 amide bonds. The van der Waals surface area contributed by atoms with Gasteiger partial charge in [-0.15, -0.1) is 0 Å². The molecule has 1 aliphatic rings. The molecule has 1 atom stereocenters. The van der Waals surface area contributed by atoms with Crippen LogP contribution >= 0.6 is 0 Å². The number of imide groups is 1. The Hall–Kier alpha value is -4.08. The van der Waals surface area contributed by atoms with Crippen LogP contribution in [-0.4, -0.2) is 49.2 Å². The summed E-state index contributed by atoms with van der Waals surface area (Å²) in [5.74, 6) is 1.07. The van der Waals surface area contributed by atoms with Gasteiger partial charge >= 0.3 is 6.03 Å². The molecule has 10 heteroatoms. The Bertz CT molecular complexity index is 1320. The third-order valence-corrected chi connectivity index (χ3v) is 5.66. The topological polar surface area (TPSA) is 117 Å². The number of methoxy groups -OCH3 is 2. The van der Waals surface area contributed by atoms with E-state index in [2.05, 4.69) is 15.3 Å². The van der Waals surface area contributed by atoms with Crippen LogP contribution in [0.15, 0.2) is 35.1 Å². The number of hydrogen-bond acceptors (Lipinski definition) is 7. The van der Waals surface area contributed by atoms with Gasteiger partial charge in [-0.3, -0.25) is 9.59 Å². The van der Waals surface area contributed by atoms with Crippen LogP contribution in [0.5, 0.6) is 11.5 Å². The molecule has 0 spiro atoms. The molecule has 2 N–H and O–H groups in total. The van der Waals surface area contributed by atoms with Crippen molar-refractivity contribution < 1.29 is 19.1 Å². The molecule has 2 heterocycles. The Kier molecular flexibility index (Phi) is 5.67. The molecule has 0 bridgehead atoms. The lowest BCUT2D eigenvalue weighted by atomic mass is 10.1. The number of rotatable bonds is 6. The number of nitrogens with one attached hydrogen (secondary N) is 2. The normalized spacial score (nSPS) is 15.7. The van der Waals surface area contributed by atoms with E-state index in [9.17, 15) is 14.4 Å². The number of benzene rings is 2. The highest BCUT2D eigenvalue weighted by molar-refractivity contribution is 6.21. The Morgan fingerprint density at radius 1 is 1.15 bits per heavy atom. The first-order valence-electron chi connectivity index (χ1n) is 10.3. The predicted octanol–water partition coefficient (Wildman–Crippen LogP) is 2.33. The number of fused-ring (bicyclic) bond motifs is 1. The van der Waals surface area contributed by atoms with Gasteiger partial charge in [0.25, 0.3) is 11.5 Å². The fourth-order valence-corrected chi connectivity index (χ4v) is 4.02. The average molecular weight is 451 g/mol. The monoisotopic (exact) mass is 451 g/mol. The summed E-state index contributed by atoms with van der Waals surface area (Å²) >= 11 is 0. The SMILES string of the molecule is COc1cc2[nH]c(N(C)Cc3cccc(N4C(=O)NC(C)C4=O)c3)nc(=O)c2c(C)c1OC. The van der Waals surface area contributed by atoms with Gasteiger partial charge in [0.15, 0.2) is 11.5 Å². The summed E-state index contributed by atoms with van der Waals surface area (Å²) < 4.78 is 10.8. The molecule has 1 unspecified atom stereocenters. The zero-order valence-corrected chi connectivity index (χ0v) is 19.1. The zero-order valence-electron chi connectivity index (χ0n) is 19.1. The van der Waals surface area contributed by atoms with Gasteiger partial charge in [0.2, 0.25) is 5.95 Å². The summed E-state index contributed by atoms with van der Waals surface area (Å²) in [5, 5.41) is 3.03. The van der Waals surface area contributed by atoms with Crippen LogP contribution in [0.4, 0.5) is 16.4 Å². The minimum Gasteiger partial charge on any atom is -0.493 e. The largest absolute Gasteiger partial charge is 0.493 e. The van der Waals surface area contributed by atoms with Gasteiger partial charge in [-0.1, -0.05) is 12.1 Å². The van der Waals surface area contributed by atoms with Gasteiger partial charge in [0, 0.05) is 25.2 Å². The minimum absolute atomic E-state index is 0.300. The molecule has 1 aromatic heterocycles. The maximum absolute atomic E-state index is 12.8. The van der Waals surface area contributed by atoms with Crippen LogP contribution in [-0.2, 0) is 11.3 Å². The molecular weight excluding hydrogens is 426 g/mol. The maximum atomic E-state index is 12.8. The van der Waals surface area contributed by atoms with Crippen LogP contribution in [0.1, 0.15) is 18.1 Å². The van der Waals surface area contributed by atoms with E-state index in [4.69, 9.17) is 9.47 Å². The summed E-state index contributed by atoms with van der Waals surface area (Å²) in [6.45, 7) is 3.81. The van der Waals surface area contributed by atoms with Gasteiger partial charge in [0.1, 0.15) is 6.04 Å². The van der Waals surface area contributed by atoms with Crippen molar-refractivity contribution in [3.63, 3.8) is 0 Å². The number of ether oxygens (including phenoxy) is 2. The summed E-state index contributed by atoms with van der Waals surface area (Å²) in [5.41, 5.74) is 2.16. The van der Waals surface area contributed by atoms with Crippen LogP contribution in [0.25, 0.3) is 10.9 Å². The fraction of sp³-hybridized carbons (Fsp3) is 0.304. The quantitative estimate of drug-likeness (QED) is 0.553. The smallest absolute Gasteiger partial charge is 0.329 e. The molecule has 0 saturated carbocycles. The lowest BCUT2D eigenvalue weighted by Crippen LogP contribution is -2.31. The maximum Gasteiger partial charge on any atom is 0.329 e. The number of anilines is 2. The van der Waals surface area contributed by atoms with Gasteiger partial charge in [-0.2, -0.15) is 4.98 Å². The van der Waals surface area contributed by atoms with Crippen molar-refractivity contribution in [3.05, 3.63) is 51.8 Å². The second-order valence-corrected chi connectivity index (χ2v) is 7.90. The van der Waals surface area contributed by atoms with E-state index in [1.807, 2.05) is 6.07 Å². The number of carbonyl (C=O) groups excluding carboxylic acids is 2. The third kappa shape index (κ3) is 3.84. The molecular formula is C23H25N5O5. The van der Waals surface area contributed by atoms with Crippen molar-refractivity contribution in [2.24, 2.45) is 0 Å². The number of aromatic nitrogens is 2. The Morgan fingerprint density at radius 2 is 1.91 bits per heavy atom. The molecule has 172 valence electrons. The van der Waals surface area contributed by atoms with E-state index < -0.39 is 12.1 Å². The Labute approximate surface area is 190 Å². The van der Waals surface area contributed by atoms with Crippen molar-refractivity contribution in [1.82, 2.24) is 15.3 Å². The molecule has 4 rings (SSSR count). The molecule has 0 aliphatic carbocycles. The predicted molar refractivity (Wildman–Crippen MR) is 124 cm³/mol. The van der Waals surface area contributed by atoms with Crippen molar-refractivity contribution in [2.45, 2.75) is 26.4 Å². The van der Waals surface area contributed by atoms with Crippen LogP contribution in [0.2, 0.25) is 0 Å². The summed E-state index contributed by atoms with van der Waals surface area (Å²) in [6.07, 6.45) is 0. The van der Waals surface area contributed by atoms with E-state index in [0.717, 1.165) is 10.5 Å². The van der Waals surface area contributed by atoms with Crippen molar-refractivity contribution in [3.8, 4) is 11.5 Å². The van der Waals surface area contributed by atoms with E-state index in [1.165, 1.54) is 14.2 Å². The molecule has 3 aromatic rings. The number of H-pyrrole nitrogens is 1. The van der Waals surface area contributed by atoms with Gasteiger partial charge in [0.05, 0.1) is 30.8 Å². The Morgan fingerprint density at radius 3 is 2.55 bits per heavy atom. The molecule has 1 saturated heterocycles. The highest BCUT2D eigenvalue weighted by Gasteiger charge is 2.36. The number of aryl methyl sites for hydroxylation is 1. The molecule has 33 heavy (non-hydrogen) atoms. The first kappa shape index (κ1) is 22.1. The highest BCUT2D eigenvalue weighted by Crippen LogP contribution is 2.35. The molecule has 1 aliphatic heterocycles. The number of urea groups is 1. The lowest BCUT2D eigenvalue weighted by molar-refractivity contribution is -0.117. The third-order valence-electron chi connectivity index (χ3n) is 5.66. The van der Waals surface area contributed by atoms with E-state index in [1.54, 1.807) is 50.1 Å². The average Bonchev–Trinajstić information content (AvgIpc) is 3.04. The van der Waals surface area contributed by atoms with E-state index in [-0.39, 0.29) is 11.5 Å². The summed E-state index contributed by atoms with van der Waals surface area (Å²) in [7, 11) is 4.85. The second-order valence-electron chi connectivity index (χ2n) is 7.90. The fourth-order valence-electron chi connectivity index (χ4n) is 4.02. The molecule has 10 nitrogen and oxygen atoms in total. The second kappa shape index (κ2) is 8.45. The zero-order chi connectivity index (χ0) is 23.9. The molecule has 1 fully saturated rings. The van der Waals surface area contributed by atoms with Gasteiger partial charge in [-0.05, 0) is 31.5 Å². The van der Waals surface area contributed by atoms with E-state index in [0.29, 0.717) is 46.1 Å². The van der Waals surface area contributed by atoms with Crippen LogP contribution in [0, 0.1) is 6.92 Å². The molecule has 2 aromatic carbocycles. The van der Waals surface area contributed by atoms with Crippen molar-refractivity contribution >= 4 is 34.5 Å². The van der Waals surface area contributed by atoms with Crippen molar-refractivity contribution in [2.75, 3.05) is 31.1 Å². The van der Waals surface area contributed by atoms with Crippen LogP contribution in [0.3, 0.4) is 0 Å². The van der Waals surface area contributed by atoms with Gasteiger partial charge in [-0.25, -0.2) is 9.69 Å². The lowest BCUT2D eigenvalue weighted by Gasteiger charge is -2.20. The summed E-state index contributed by atoms with van der Waals surface area (Å²) in [6, 6.07) is 7.83. The highest BCUT2D eigenvalue weighted by atomic mass is 16.5. The molecule has 0 radical (unpaired) electrons. The standard InChI is InChI=1S/C23H25N5O5/c1-12-18-16(10-17(32-4)19(12)33-5)25-22(26-20(18)29)27(3)11-14-7-6-8-15(9-14)28-21(30)13(2)24-23(28)31/h6-10,13H,11H2,1-5H3,(H,24,31)(H,25,26,29). The number of aromatic amines is 1. The van der Waals surface area contributed by atoms with E-state index >= 15 is 0 Å². The summed E-state index contributed by atoms with van der Waals surface area (Å²) in [4.78, 5) is 47.6. The van der Waals surface area contributed by atoms with Gasteiger partial charge < -0.3 is 24.7 Å². The van der Waals surface area contributed by atoms with Crippen LogP contribution < -0.4 is 30.1 Å². The first-order valence-corrected chi connectivity index (χ1v) is 10.3. The van der Waals surface area contributed by atoms with Crippen molar-refractivity contribution in [1.29, 1.82) is 0 Å². The minimum atomic E-state index is -0.560.